The molecule has 0 unspecified atom stereocenters. The fourth-order valence-corrected chi connectivity index (χ4v) is 2.57. The molecule has 2 aromatic carbocycles. The highest BCUT2D eigenvalue weighted by Gasteiger charge is 2.26. The molecule has 3 rings (SSSR count). The molecular formula is C20H19N2O+. The summed E-state index contributed by atoms with van der Waals surface area (Å²) < 4.78 is 0. The maximum Gasteiger partial charge on any atom is 0.319 e. The lowest BCUT2D eigenvalue weighted by Gasteiger charge is -2.14. The summed E-state index contributed by atoms with van der Waals surface area (Å²) in [6.45, 7) is 2.00. The van der Waals surface area contributed by atoms with Gasteiger partial charge in [-0.25, -0.2) is 15.1 Å². The number of nitrogens with one attached hydrogen (secondary N) is 2. The molecular weight excluding hydrogens is 284 g/mol. The minimum absolute atomic E-state index is 0.0532. The first-order valence-corrected chi connectivity index (χ1v) is 7.63. The van der Waals surface area contributed by atoms with Crippen LogP contribution in [0.25, 0.3) is 0 Å². The fraction of sp³-hybridized carbons (Fsp3) is 0.100. The smallest absolute Gasteiger partial charge is 0.247 e. The summed E-state index contributed by atoms with van der Waals surface area (Å²) in [5.74, 6) is 0.298. The Morgan fingerprint density at radius 2 is 1.43 bits per heavy atom. The number of carbonyl (C=O) groups excluding carboxylic acids is 1. The highest BCUT2D eigenvalue weighted by atomic mass is 16.1. The van der Waals surface area contributed by atoms with E-state index in [4.69, 9.17) is 0 Å². The molecule has 0 aliphatic heterocycles. The molecule has 3 nitrogen and oxygen atoms in total. The van der Waals surface area contributed by atoms with Gasteiger partial charge in [0.2, 0.25) is 0 Å². The molecule has 1 amide bonds. The first-order chi connectivity index (χ1) is 11.2. The van der Waals surface area contributed by atoms with Crippen molar-refractivity contribution in [1.29, 1.82) is 0 Å². The third-order valence-corrected chi connectivity index (χ3v) is 3.75. The van der Waals surface area contributed by atoms with Gasteiger partial charge in [-0.1, -0.05) is 60.7 Å². The van der Waals surface area contributed by atoms with Gasteiger partial charge in [-0.15, -0.1) is 0 Å². The molecule has 0 fully saturated rings. The van der Waals surface area contributed by atoms with Crippen molar-refractivity contribution >= 4 is 11.7 Å². The van der Waals surface area contributed by atoms with Gasteiger partial charge in [-0.05, 0) is 29.7 Å². The van der Waals surface area contributed by atoms with E-state index in [1.165, 1.54) is 0 Å². The van der Waals surface area contributed by atoms with Gasteiger partial charge in [-0.2, -0.15) is 0 Å². The summed E-state index contributed by atoms with van der Waals surface area (Å²) >= 11 is 0. The molecule has 0 bridgehead atoms. The summed E-state index contributed by atoms with van der Waals surface area (Å²) in [5, 5.41) is 2.97. The van der Waals surface area contributed by atoms with E-state index in [2.05, 4.69) is 10.3 Å². The van der Waals surface area contributed by atoms with E-state index in [0.717, 1.165) is 16.7 Å². The number of hydrogen-bond acceptors (Lipinski definition) is 1. The zero-order valence-electron chi connectivity index (χ0n) is 13.0. The molecule has 0 aliphatic carbocycles. The molecule has 0 saturated carbocycles. The third kappa shape index (κ3) is 3.64. The van der Waals surface area contributed by atoms with Crippen LogP contribution in [0.15, 0.2) is 79.0 Å². The molecule has 0 atom stereocenters. The van der Waals surface area contributed by atoms with Crippen molar-refractivity contribution in [2.45, 2.75) is 12.8 Å². The van der Waals surface area contributed by atoms with Crippen molar-refractivity contribution in [3.63, 3.8) is 0 Å². The Hall–Kier alpha value is -2.94. The van der Waals surface area contributed by atoms with Crippen LogP contribution in [0.1, 0.15) is 22.6 Å². The Balaban J connectivity index is 1.92. The number of hydrogen-bond donors (Lipinski definition) is 1. The molecule has 2 N–H and O–H groups in total. The first kappa shape index (κ1) is 15.0. The maximum absolute atomic E-state index is 12.9. The zero-order chi connectivity index (χ0) is 16.1. The maximum atomic E-state index is 12.9. The van der Waals surface area contributed by atoms with Crippen molar-refractivity contribution in [1.82, 2.24) is 0 Å². The van der Waals surface area contributed by atoms with Crippen LogP contribution in [0, 0.1) is 6.92 Å². The largest absolute Gasteiger partial charge is 0.319 e. The van der Waals surface area contributed by atoms with Crippen LogP contribution in [-0.4, -0.2) is 5.91 Å². The van der Waals surface area contributed by atoms with Crippen LogP contribution in [0.5, 0.6) is 0 Å². The Morgan fingerprint density at radius 1 is 0.870 bits per heavy atom. The summed E-state index contributed by atoms with van der Waals surface area (Å²) in [7, 11) is 0. The lowest BCUT2D eigenvalue weighted by atomic mass is 9.90. The lowest BCUT2D eigenvalue weighted by Crippen LogP contribution is -2.25. The van der Waals surface area contributed by atoms with Gasteiger partial charge >= 0.3 is 5.91 Å². The molecule has 3 aromatic rings. The fourth-order valence-electron chi connectivity index (χ4n) is 2.57. The second-order valence-corrected chi connectivity index (χ2v) is 5.52. The van der Waals surface area contributed by atoms with Crippen LogP contribution in [0.4, 0.5) is 5.82 Å². The van der Waals surface area contributed by atoms with E-state index in [1.54, 1.807) is 0 Å². The molecule has 3 heteroatoms. The van der Waals surface area contributed by atoms with Gasteiger partial charge in [0.05, 0.1) is 6.20 Å². The Kier molecular flexibility index (Phi) is 4.48. The number of amides is 1. The highest BCUT2D eigenvalue weighted by molar-refractivity contribution is 5.97. The number of H-pyrrole nitrogens is 1. The van der Waals surface area contributed by atoms with Crippen molar-refractivity contribution in [2.24, 2.45) is 0 Å². The number of aryl methyl sites for hydroxylation is 1. The average molecular weight is 303 g/mol. The van der Waals surface area contributed by atoms with E-state index in [-0.39, 0.29) is 11.8 Å². The topological polar surface area (TPSA) is 43.2 Å². The van der Waals surface area contributed by atoms with E-state index in [0.29, 0.717) is 5.82 Å². The van der Waals surface area contributed by atoms with Crippen molar-refractivity contribution in [3.05, 3.63) is 95.7 Å². The minimum Gasteiger partial charge on any atom is -0.247 e. The second-order valence-electron chi connectivity index (χ2n) is 5.52. The average Bonchev–Trinajstić information content (AvgIpc) is 2.59. The number of benzene rings is 2. The van der Waals surface area contributed by atoms with E-state index in [1.807, 2.05) is 85.9 Å². The van der Waals surface area contributed by atoms with Crippen molar-refractivity contribution in [3.8, 4) is 0 Å². The molecule has 114 valence electrons. The number of aromatic nitrogens is 1. The number of carbonyl (C=O) groups is 1. The summed E-state index contributed by atoms with van der Waals surface area (Å²) in [5.41, 5.74) is 3.07. The van der Waals surface area contributed by atoms with E-state index < -0.39 is 0 Å². The van der Waals surface area contributed by atoms with Crippen LogP contribution in [0.2, 0.25) is 0 Å². The van der Waals surface area contributed by atoms with Crippen LogP contribution in [0.3, 0.4) is 0 Å². The van der Waals surface area contributed by atoms with Crippen LogP contribution in [-0.2, 0) is 4.79 Å². The summed E-state index contributed by atoms with van der Waals surface area (Å²) in [6, 6.07) is 23.5. The van der Waals surface area contributed by atoms with Gasteiger partial charge in [0.1, 0.15) is 5.92 Å². The zero-order valence-corrected chi connectivity index (χ0v) is 13.0. The molecule has 0 radical (unpaired) electrons. The second kappa shape index (κ2) is 6.88. The highest BCUT2D eigenvalue weighted by Crippen LogP contribution is 2.25. The van der Waals surface area contributed by atoms with Crippen molar-refractivity contribution in [2.75, 3.05) is 5.32 Å². The normalized spacial score (nSPS) is 10.5. The number of rotatable bonds is 4. The van der Waals surface area contributed by atoms with Gasteiger partial charge in [0.15, 0.2) is 0 Å². The predicted octanol–water partition coefficient (Wildman–Crippen LogP) is 3.58. The monoisotopic (exact) mass is 303 g/mol. The summed E-state index contributed by atoms with van der Waals surface area (Å²) in [6.07, 6.45) is 1.87. The first-order valence-electron chi connectivity index (χ1n) is 7.63. The molecule has 0 aliphatic rings. The molecule has 23 heavy (non-hydrogen) atoms. The Bertz CT molecular complexity index is 728. The summed E-state index contributed by atoms with van der Waals surface area (Å²) in [4.78, 5) is 16.0. The van der Waals surface area contributed by atoms with Gasteiger partial charge < -0.3 is 0 Å². The van der Waals surface area contributed by atoms with Crippen LogP contribution >= 0.6 is 0 Å². The van der Waals surface area contributed by atoms with Crippen LogP contribution < -0.4 is 10.3 Å². The SMILES string of the molecule is Cc1ccc(NC(=O)C(c2ccccc2)c2ccccc2)[nH+]c1. The lowest BCUT2D eigenvalue weighted by molar-refractivity contribution is -0.361. The minimum atomic E-state index is -0.341. The number of anilines is 1. The molecule has 1 heterocycles. The molecule has 1 aromatic heterocycles. The molecule has 0 saturated heterocycles. The van der Waals surface area contributed by atoms with Gasteiger partial charge in [0, 0.05) is 6.07 Å². The van der Waals surface area contributed by atoms with E-state index in [9.17, 15) is 4.79 Å². The Morgan fingerprint density at radius 3 is 1.91 bits per heavy atom. The number of pyridine rings is 1. The third-order valence-electron chi connectivity index (χ3n) is 3.75. The van der Waals surface area contributed by atoms with Gasteiger partial charge in [-0.3, -0.25) is 0 Å². The van der Waals surface area contributed by atoms with E-state index >= 15 is 0 Å². The van der Waals surface area contributed by atoms with Gasteiger partial charge in [0.25, 0.3) is 5.82 Å². The number of aromatic amines is 1. The standard InChI is InChI=1S/C20H18N2O/c1-15-12-13-18(21-14-15)22-20(23)19(16-8-4-2-5-9-16)17-10-6-3-7-11-17/h2-14,19H,1H3,(H,21,22,23)/p+1. The Labute approximate surface area is 136 Å². The molecule has 0 spiro atoms. The van der Waals surface area contributed by atoms with Crippen molar-refractivity contribution < 1.29 is 9.78 Å². The quantitative estimate of drug-likeness (QED) is 0.786. The predicted molar refractivity (Wildman–Crippen MR) is 91.1 cm³/mol.